The van der Waals surface area contributed by atoms with E-state index in [1.807, 2.05) is 41.3 Å². The van der Waals surface area contributed by atoms with Gasteiger partial charge in [0.05, 0.1) is 27.8 Å². The van der Waals surface area contributed by atoms with E-state index in [9.17, 15) is 0 Å². The molecular formula is C28H20N6S. The van der Waals surface area contributed by atoms with Gasteiger partial charge in [0.1, 0.15) is 5.82 Å². The highest BCUT2D eigenvalue weighted by atomic mass is 32.2. The molecule has 0 N–H and O–H groups in total. The molecule has 0 aliphatic carbocycles. The van der Waals surface area contributed by atoms with Crippen LogP contribution >= 0.6 is 11.8 Å². The summed E-state index contributed by atoms with van der Waals surface area (Å²) in [6.07, 6.45) is 5.57. The van der Waals surface area contributed by atoms with Crippen molar-refractivity contribution in [3.63, 3.8) is 0 Å². The van der Waals surface area contributed by atoms with Crippen LogP contribution in [0, 0.1) is 6.92 Å². The number of benzene rings is 3. The van der Waals surface area contributed by atoms with Crippen molar-refractivity contribution in [3.8, 4) is 11.5 Å². The van der Waals surface area contributed by atoms with Crippen molar-refractivity contribution in [1.29, 1.82) is 0 Å². The third-order valence-corrected chi connectivity index (χ3v) is 7.18. The van der Waals surface area contributed by atoms with E-state index in [-0.39, 0.29) is 0 Å². The average molecular weight is 473 g/mol. The predicted octanol–water partition coefficient (Wildman–Crippen LogP) is 6.47. The van der Waals surface area contributed by atoms with Crippen molar-refractivity contribution in [2.45, 2.75) is 16.7 Å². The number of fused-ring (bicyclic) bond motifs is 5. The minimum absolute atomic E-state index is 0.850. The molecule has 0 saturated heterocycles. The third-order valence-electron chi connectivity index (χ3n) is 6.20. The second kappa shape index (κ2) is 7.85. The normalized spacial score (nSPS) is 11.7. The van der Waals surface area contributed by atoms with Crippen molar-refractivity contribution in [3.05, 3.63) is 109 Å². The van der Waals surface area contributed by atoms with Crippen LogP contribution in [0.15, 0.2) is 113 Å². The van der Waals surface area contributed by atoms with Gasteiger partial charge in [-0.15, -0.1) is 0 Å². The summed E-state index contributed by atoms with van der Waals surface area (Å²) in [7, 11) is 0. The van der Waals surface area contributed by atoms with E-state index in [0.29, 0.717) is 0 Å². The third kappa shape index (κ3) is 3.24. The van der Waals surface area contributed by atoms with Gasteiger partial charge in [-0.1, -0.05) is 36.0 Å². The number of para-hydroxylation sites is 1. The minimum atomic E-state index is 0.850. The van der Waals surface area contributed by atoms with Gasteiger partial charge in [0, 0.05) is 28.4 Å². The van der Waals surface area contributed by atoms with E-state index in [1.165, 1.54) is 0 Å². The molecule has 0 radical (unpaired) electrons. The van der Waals surface area contributed by atoms with Crippen molar-refractivity contribution >= 4 is 39.6 Å². The highest BCUT2D eigenvalue weighted by Gasteiger charge is 2.19. The Balaban J connectivity index is 1.42. The van der Waals surface area contributed by atoms with Crippen LogP contribution in [0.4, 0.5) is 0 Å². The fourth-order valence-electron chi connectivity index (χ4n) is 4.62. The zero-order chi connectivity index (χ0) is 23.4. The lowest BCUT2D eigenvalue weighted by molar-refractivity contribution is 0.877. The summed E-state index contributed by atoms with van der Waals surface area (Å²) in [5.41, 5.74) is 6.50. The molecule has 0 aliphatic rings. The minimum Gasteiger partial charge on any atom is -0.276 e. The quantitative estimate of drug-likeness (QED) is 0.295. The maximum atomic E-state index is 5.05. The Labute approximate surface area is 205 Å². The Bertz CT molecular complexity index is 1830. The van der Waals surface area contributed by atoms with Crippen LogP contribution in [0.3, 0.4) is 0 Å². The maximum Gasteiger partial charge on any atom is 0.221 e. The molecule has 4 heterocycles. The number of imidazole rings is 2. The summed E-state index contributed by atoms with van der Waals surface area (Å²) in [6.45, 7) is 2.11. The van der Waals surface area contributed by atoms with Crippen LogP contribution in [0.1, 0.15) is 5.56 Å². The number of aryl methyl sites for hydroxylation is 1. The highest BCUT2D eigenvalue weighted by Crippen LogP contribution is 2.35. The molecule has 0 bridgehead atoms. The highest BCUT2D eigenvalue weighted by molar-refractivity contribution is 7.99. The maximum absolute atomic E-state index is 5.05. The first-order valence-electron chi connectivity index (χ1n) is 11.4. The Hall–Kier alpha value is -4.36. The second-order valence-corrected chi connectivity index (χ2v) is 9.56. The standard InChI is InChI=1S/C28H20N6S/c1-19-7-4-10-24-27(19)31-28-33(24)23-13-12-22(18-25(23)34(28)26-11-2-3-14-29-26)35-21-9-5-8-20(17-21)32-16-6-15-30-32/h2-18H,1H3. The first-order chi connectivity index (χ1) is 17.3. The van der Waals surface area contributed by atoms with Crippen LogP contribution in [0.5, 0.6) is 0 Å². The van der Waals surface area contributed by atoms with Crippen LogP contribution in [0.2, 0.25) is 0 Å². The van der Waals surface area contributed by atoms with Gasteiger partial charge in [-0.2, -0.15) is 5.10 Å². The lowest BCUT2D eigenvalue weighted by Gasteiger charge is -2.07. The van der Waals surface area contributed by atoms with Crippen molar-refractivity contribution in [2.24, 2.45) is 0 Å². The van der Waals surface area contributed by atoms with Crippen LogP contribution in [-0.4, -0.2) is 28.7 Å². The fourth-order valence-corrected chi connectivity index (χ4v) is 5.52. The summed E-state index contributed by atoms with van der Waals surface area (Å²) in [5, 5.41) is 4.36. The number of hydrogen-bond acceptors (Lipinski definition) is 4. The molecule has 0 aliphatic heterocycles. The summed E-state index contributed by atoms with van der Waals surface area (Å²) in [5.74, 6) is 1.72. The summed E-state index contributed by atoms with van der Waals surface area (Å²) in [4.78, 5) is 12.0. The molecule has 7 rings (SSSR count). The van der Waals surface area contributed by atoms with Crippen LogP contribution in [-0.2, 0) is 0 Å². The Morgan fingerprint density at radius 1 is 0.743 bits per heavy atom. The molecule has 3 aromatic carbocycles. The van der Waals surface area contributed by atoms with Gasteiger partial charge in [-0.05, 0) is 73.2 Å². The van der Waals surface area contributed by atoms with E-state index >= 15 is 0 Å². The van der Waals surface area contributed by atoms with Crippen molar-refractivity contribution in [2.75, 3.05) is 0 Å². The van der Waals surface area contributed by atoms with Gasteiger partial charge in [-0.3, -0.25) is 8.97 Å². The molecule has 0 amide bonds. The molecule has 0 unspecified atom stereocenters. The number of nitrogens with zero attached hydrogens (tertiary/aromatic N) is 6. The first kappa shape index (κ1) is 20.1. The monoisotopic (exact) mass is 472 g/mol. The molecule has 0 fully saturated rings. The Morgan fingerprint density at radius 3 is 2.51 bits per heavy atom. The Morgan fingerprint density at radius 2 is 1.66 bits per heavy atom. The van der Waals surface area contributed by atoms with Gasteiger partial charge < -0.3 is 0 Å². The van der Waals surface area contributed by atoms with Crippen molar-refractivity contribution < 1.29 is 0 Å². The molecular weight excluding hydrogens is 452 g/mol. The summed E-state index contributed by atoms with van der Waals surface area (Å²) in [6, 6.07) is 29.2. The number of pyridine rings is 1. The zero-order valence-corrected chi connectivity index (χ0v) is 19.7. The summed E-state index contributed by atoms with van der Waals surface area (Å²) < 4.78 is 6.26. The topological polar surface area (TPSA) is 52.9 Å². The van der Waals surface area contributed by atoms with E-state index in [4.69, 9.17) is 4.98 Å². The zero-order valence-electron chi connectivity index (χ0n) is 18.9. The largest absolute Gasteiger partial charge is 0.276 e. The Kier molecular flexibility index (Phi) is 4.50. The molecule has 7 heteroatoms. The molecule has 4 aromatic heterocycles. The first-order valence-corrected chi connectivity index (χ1v) is 12.2. The van der Waals surface area contributed by atoms with Crippen LogP contribution < -0.4 is 0 Å². The smallest absolute Gasteiger partial charge is 0.221 e. The number of aromatic nitrogens is 6. The van der Waals surface area contributed by atoms with Gasteiger partial charge >= 0.3 is 0 Å². The van der Waals surface area contributed by atoms with E-state index in [1.54, 1.807) is 18.0 Å². The fraction of sp³-hybridized carbons (Fsp3) is 0.0357. The molecule has 6 nitrogen and oxygen atoms in total. The second-order valence-electron chi connectivity index (χ2n) is 8.41. The van der Waals surface area contributed by atoms with Gasteiger partial charge in [0.2, 0.25) is 5.78 Å². The van der Waals surface area contributed by atoms with Gasteiger partial charge in [0.25, 0.3) is 0 Å². The lowest BCUT2D eigenvalue weighted by Crippen LogP contribution is -1.97. The number of rotatable bonds is 4. The van der Waals surface area contributed by atoms with Gasteiger partial charge in [-0.25, -0.2) is 14.6 Å². The molecule has 0 saturated carbocycles. The SMILES string of the molecule is Cc1cccc2c1nc1n(-c3ccccn3)c3cc(Sc4cccc(-n5cccn5)c4)ccc3n21. The molecule has 0 atom stereocenters. The molecule has 7 aromatic rings. The predicted molar refractivity (Wildman–Crippen MR) is 140 cm³/mol. The molecule has 0 spiro atoms. The molecule has 35 heavy (non-hydrogen) atoms. The summed E-state index contributed by atoms with van der Waals surface area (Å²) >= 11 is 1.73. The average Bonchev–Trinajstić information content (AvgIpc) is 3.61. The van der Waals surface area contributed by atoms with E-state index in [0.717, 1.165) is 54.7 Å². The molecule has 168 valence electrons. The van der Waals surface area contributed by atoms with Gasteiger partial charge in [0.15, 0.2) is 0 Å². The van der Waals surface area contributed by atoms with Crippen LogP contribution in [0.25, 0.3) is 39.3 Å². The van der Waals surface area contributed by atoms with E-state index < -0.39 is 0 Å². The van der Waals surface area contributed by atoms with E-state index in [2.05, 4.69) is 86.6 Å². The van der Waals surface area contributed by atoms with Crippen molar-refractivity contribution in [1.82, 2.24) is 28.7 Å². The number of hydrogen-bond donors (Lipinski definition) is 0. The lowest BCUT2D eigenvalue weighted by atomic mass is 10.2.